The van der Waals surface area contributed by atoms with Crippen LogP contribution in [-0.4, -0.2) is 24.1 Å². The Bertz CT molecular complexity index is 508. The van der Waals surface area contributed by atoms with Gasteiger partial charge in [0.25, 0.3) is 0 Å². The van der Waals surface area contributed by atoms with Crippen molar-refractivity contribution in [3.63, 3.8) is 0 Å². The molecule has 144 valence electrons. The summed E-state index contributed by atoms with van der Waals surface area (Å²) >= 11 is 0. The largest absolute Gasteiger partial charge is 0.352 e. The van der Waals surface area contributed by atoms with Crippen molar-refractivity contribution in [2.75, 3.05) is 6.54 Å². The van der Waals surface area contributed by atoms with Crippen molar-refractivity contribution in [3.05, 3.63) is 0 Å². The minimum atomic E-state index is -0.757. The maximum Gasteiger partial charge on any atom is 0.312 e. The van der Waals surface area contributed by atoms with E-state index in [0.29, 0.717) is 25.8 Å². The zero-order valence-corrected chi connectivity index (χ0v) is 16.8. The van der Waals surface area contributed by atoms with Crippen LogP contribution in [0.25, 0.3) is 0 Å². The molecule has 5 heteroatoms. The number of Topliss-reactive ketones (excluding diaryl/α,β-unsaturated/α-hetero) is 2. The molecule has 1 rings (SSSR count). The lowest BCUT2D eigenvalue weighted by Gasteiger charge is -2.44. The lowest BCUT2D eigenvalue weighted by atomic mass is 9.56. The first kappa shape index (κ1) is 21.7. The molecule has 1 saturated carbocycles. The van der Waals surface area contributed by atoms with Gasteiger partial charge in [0.05, 0.1) is 5.41 Å². The molecule has 1 aliphatic rings. The van der Waals surface area contributed by atoms with E-state index in [1.165, 1.54) is 0 Å². The van der Waals surface area contributed by atoms with Crippen molar-refractivity contribution in [2.24, 2.45) is 27.9 Å². The van der Waals surface area contributed by atoms with Crippen molar-refractivity contribution in [1.82, 2.24) is 5.32 Å². The normalized spacial score (nSPS) is 18.2. The number of carbonyl (C=O) groups excluding carboxylic acids is 3. The van der Waals surface area contributed by atoms with Gasteiger partial charge >= 0.3 is 6.03 Å². The number of hydrogen-bond donors (Lipinski definition) is 2. The van der Waals surface area contributed by atoms with E-state index in [-0.39, 0.29) is 22.9 Å². The van der Waals surface area contributed by atoms with Crippen molar-refractivity contribution >= 4 is 17.6 Å². The number of hydrogen-bond acceptors (Lipinski definition) is 3. The highest BCUT2D eigenvalue weighted by molar-refractivity contribution is 6.09. The van der Waals surface area contributed by atoms with Crippen LogP contribution >= 0.6 is 0 Å². The average Bonchev–Trinajstić information content (AvgIpc) is 2.38. The molecular formula is C20H36N2O3. The van der Waals surface area contributed by atoms with Gasteiger partial charge in [0.2, 0.25) is 0 Å². The fourth-order valence-electron chi connectivity index (χ4n) is 3.70. The van der Waals surface area contributed by atoms with Crippen LogP contribution in [0.2, 0.25) is 0 Å². The van der Waals surface area contributed by atoms with E-state index in [2.05, 4.69) is 26.1 Å². The molecule has 1 fully saturated rings. The molecule has 1 atom stereocenters. The Kier molecular flexibility index (Phi) is 6.82. The van der Waals surface area contributed by atoms with Crippen LogP contribution in [0.5, 0.6) is 0 Å². The highest BCUT2D eigenvalue weighted by Crippen LogP contribution is 2.49. The minimum absolute atomic E-state index is 0.0297. The molecule has 0 unspecified atom stereocenters. The van der Waals surface area contributed by atoms with Crippen molar-refractivity contribution < 1.29 is 14.4 Å². The molecule has 0 aromatic heterocycles. The minimum Gasteiger partial charge on any atom is -0.352 e. The van der Waals surface area contributed by atoms with E-state index in [0.717, 1.165) is 19.3 Å². The summed E-state index contributed by atoms with van der Waals surface area (Å²) in [7, 11) is 0. The number of rotatable bonds is 8. The van der Waals surface area contributed by atoms with Gasteiger partial charge in [-0.1, -0.05) is 48.0 Å². The summed E-state index contributed by atoms with van der Waals surface area (Å²) in [6.45, 7) is 12.6. The first-order chi connectivity index (χ1) is 11.3. The van der Waals surface area contributed by atoms with Gasteiger partial charge in [-0.25, -0.2) is 4.79 Å². The van der Waals surface area contributed by atoms with E-state index >= 15 is 0 Å². The second-order valence-electron chi connectivity index (χ2n) is 9.64. The number of carbonyl (C=O) groups is 3. The molecular weight excluding hydrogens is 316 g/mol. The van der Waals surface area contributed by atoms with Gasteiger partial charge in [-0.15, -0.1) is 0 Å². The number of nitrogens with one attached hydrogen (secondary N) is 1. The monoisotopic (exact) mass is 352 g/mol. The summed E-state index contributed by atoms with van der Waals surface area (Å²) in [5.74, 6) is 0.390. The topological polar surface area (TPSA) is 89.3 Å². The second kappa shape index (κ2) is 7.88. The van der Waals surface area contributed by atoms with E-state index < -0.39 is 16.9 Å². The molecule has 0 radical (unpaired) electrons. The SMILES string of the molecule is CC(C)(C)C(=O)C1(C(=O)C[C@@H](CCCNC(N)=O)C(C)(C)C)CCC1. The fourth-order valence-corrected chi connectivity index (χ4v) is 3.70. The van der Waals surface area contributed by atoms with Crippen molar-refractivity contribution in [2.45, 2.75) is 80.1 Å². The third kappa shape index (κ3) is 5.55. The van der Waals surface area contributed by atoms with Crippen LogP contribution in [0.3, 0.4) is 0 Å². The van der Waals surface area contributed by atoms with Gasteiger partial charge in [0, 0.05) is 18.4 Å². The molecule has 2 amide bonds. The Balaban J connectivity index is 2.80. The fraction of sp³-hybridized carbons (Fsp3) is 0.850. The Morgan fingerprint density at radius 3 is 2.00 bits per heavy atom. The van der Waals surface area contributed by atoms with Crippen molar-refractivity contribution in [1.29, 1.82) is 0 Å². The summed E-state index contributed by atoms with van der Waals surface area (Å²) in [4.78, 5) is 36.8. The number of amides is 2. The van der Waals surface area contributed by atoms with Gasteiger partial charge in [-0.2, -0.15) is 0 Å². The summed E-state index contributed by atoms with van der Waals surface area (Å²) in [5.41, 5.74) is 3.82. The Labute approximate surface area is 152 Å². The highest BCUT2D eigenvalue weighted by atomic mass is 16.2. The van der Waals surface area contributed by atoms with Gasteiger partial charge < -0.3 is 11.1 Å². The average molecular weight is 353 g/mol. The molecule has 0 aliphatic heterocycles. The van der Waals surface area contributed by atoms with Crippen LogP contribution in [-0.2, 0) is 9.59 Å². The van der Waals surface area contributed by atoms with Crippen LogP contribution < -0.4 is 11.1 Å². The molecule has 0 spiro atoms. The number of urea groups is 1. The zero-order chi connectivity index (χ0) is 19.5. The third-order valence-corrected chi connectivity index (χ3v) is 5.54. The van der Waals surface area contributed by atoms with Crippen LogP contribution in [0.4, 0.5) is 4.79 Å². The molecule has 1 aliphatic carbocycles. The zero-order valence-electron chi connectivity index (χ0n) is 16.8. The van der Waals surface area contributed by atoms with Gasteiger partial charge in [-0.3, -0.25) is 9.59 Å². The summed E-state index contributed by atoms with van der Waals surface area (Å²) in [6.07, 6.45) is 4.38. The van der Waals surface area contributed by atoms with E-state index in [9.17, 15) is 14.4 Å². The lowest BCUT2D eigenvalue weighted by Crippen LogP contribution is -2.50. The Morgan fingerprint density at radius 1 is 1.08 bits per heavy atom. The maximum atomic E-state index is 13.1. The van der Waals surface area contributed by atoms with Gasteiger partial charge in [0.15, 0.2) is 5.78 Å². The molecule has 0 saturated heterocycles. The van der Waals surface area contributed by atoms with Gasteiger partial charge in [-0.05, 0) is 37.0 Å². The highest BCUT2D eigenvalue weighted by Gasteiger charge is 2.53. The summed E-state index contributed by atoms with van der Waals surface area (Å²) in [5, 5.41) is 2.60. The number of nitrogens with two attached hydrogens (primary N) is 1. The molecule has 0 heterocycles. The molecule has 3 N–H and O–H groups in total. The molecule has 5 nitrogen and oxygen atoms in total. The van der Waals surface area contributed by atoms with E-state index in [1.54, 1.807) is 0 Å². The second-order valence-corrected chi connectivity index (χ2v) is 9.64. The number of ketones is 2. The Hall–Kier alpha value is -1.39. The number of primary amides is 1. The molecule has 25 heavy (non-hydrogen) atoms. The van der Waals surface area contributed by atoms with Crippen molar-refractivity contribution in [3.8, 4) is 0 Å². The first-order valence-corrected chi connectivity index (χ1v) is 9.42. The lowest BCUT2D eigenvalue weighted by molar-refractivity contribution is -0.153. The maximum absolute atomic E-state index is 13.1. The molecule has 0 aromatic rings. The van der Waals surface area contributed by atoms with Gasteiger partial charge in [0.1, 0.15) is 5.78 Å². The quantitative estimate of drug-likeness (QED) is 0.514. The van der Waals surface area contributed by atoms with E-state index in [1.807, 2.05) is 20.8 Å². The van der Waals surface area contributed by atoms with E-state index in [4.69, 9.17) is 5.73 Å². The summed E-state index contributed by atoms with van der Waals surface area (Å²) < 4.78 is 0. The van der Waals surface area contributed by atoms with Crippen LogP contribution in [0.1, 0.15) is 80.1 Å². The first-order valence-electron chi connectivity index (χ1n) is 9.42. The predicted molar refractivity (Wildman–Crippen MR) is 100 cm³/mol. The molecule has 0 bridgehead atoms. The summed E-state index contributed by atoms with van der Waals surface area (Å²) in [6, 6.07) is -0.521. The third-order valence-electron chi connectivity index (χ3n) is 5.54. The standard InChI is InChI=1S/C20H36N2O3/c1-18(2,3)14(9-7-12-22-17(21)25)13-15(23)20(10-8-11-20)16(24)19(4,5)6/h14H,7-13H2,1-6H3,(H3,21,22,25)/t14-/m1/s1. The smallest absolute Gasteiger partial charge is 0.312 e. The predicted octanol–water partition coefficient (Wildman–Crippen LogP) is 3.84. The van der Waals surface area contributed by atoms with Crippen LogP contribution in [0, 0.1) is 22.2 Å². The Morgan fingerprint density at radius 2 is 1.64 bits per heavy atom. The van der Waals surface area contributed by atoms with Crippen LogP contribution in [0.15, 0.2) is 0 Å². The molecule has 0 aromatic carbocycles.